The quantitative estimate of drug-likeness (QED) is 0.713. The third kappa shape index (κ3) is 1.39. The van der Waals surface area contributed by atoms with E-state index in [4.69, 9.17) is 17.3 Å². The lowest BCUT2D eigenvalue weighted by Gasteiger charge is -2.33. The van der Waals surface area contributed by atoms with Crippen LogP contribution in [0.25, 0.3) is 0 Å². The molecule has 1 aromatic rings. The monoisotopic (exact) mass is 210 g/mol. The average molecular weight is 211 g/mol. The molecule has 1 aliphatic rings. The highest BCUT2D eigenvalue weighted by Gasteiger charge is 2.24. The van der Waals surface area contributed by atoms with Gasteiger partial charge in [0.2, 0.25) is 0 Å². The van der Waals surface area contributed by atoms with Gasteiger partial charge in [-0.3, -0.25) is 0 Å². The molecule has 0 aliphatic carbocycles. The fraction of sp³-hybridized carbons (Fsp3) is 0.455. The van der Waals surface area contributed by atoms with Gasteiger partial charge in [0.15, 0.2) is 0 Å². The first kappa shape index (κ1) is 9.81. The molecule has 1 atom stereocenters. The van der Waals surface area contributed by atoms with E-state index in [1.807, 2.05) is 6.07 Å². The van der Waals surface area contributed by atoms with Crippen LogP contribution in [0.3, 0.4) is 0 Å². The summed E-state index contributed by atoms with van der Waals surface area (Å²) in [4.78, 5) is 2.24. The number of fused-ring (bicyclic) bond motifs is 1. The molecule has 2 N–H and O–H groups in total. The van der Waals surface area contributed by atoms with Crippen molar-refractivity contribution in [1.29, 1.82) is 0 Å². The molecule has 0 amide bonds. The summed E-state index contributed by atoms with van der Waals surface area (Å²) in [6.45, 7) is 3.11. The maximum Gasteiger partial charge on any atom is 0.0474 e. The van der Waals surface area contributed by atoms with Crippen molar-refractivity contribution < 1.29 is 0 Å². The van der Waals surface area contributed by atoms with Gasteiger partial charge in [-0.05, 0) is 25.0 Å². The highest BCUT2D eigenvalue weighted by atomic mass is 35.5. The molecular formula is C11H15ClN2. The molecule has 0 bridgehead atoms. The van der Waals surface area contributed by atoms with E-state index in [1.54, 1.807) is 0 Å². The van der Waals surface area contributed by atoms with E-state index >= 15 is 0 Å². The molecule has 76 valence electrons. The van der Waals surface area contributed by atoms with Crippen LogP contribution in [0.2, 0.25) is 5.02 Å². The molecule has 0 saturated carbocycles. The molecular weight excluding hydrogens is 196 g/mol. The summed E-state index contributed by atoms with van der Waals surface area (Å²) in [6, 6.07) is 4.08. The lowest BCUT2D eigenvalue weighted by atomic mass is 9.95. The predicted octanol–water partition coefficient (Wildman–Crippen LogP) is 2.49. The predicted molar refractivity (Wildman–Crippen MR) is 61.0 cm³/mol. The SMILES string of the molecule is Cc1ccc(Cl)c2c1N(C)CCC2N. The van der Waals surface area contributed by atoms with E-state index in [9.17, 15) is 0 Å². The van der Waals surface area contributed by atoms with Crippen molar-refractivity contribution in [3.05, 3.63) is 28.3 Å². The molecule has 1 aromatic carbocycles. The number of hydrogen-bond acceptors (Lipinski definition) is 2. The number of rotatable bonds is 0. The first-order valence-corrected chi connectivity index (χ1v) is 5.24. The van der Waals surface area contributed by atoms with Gasteiger partial charge in [-0.15, -0.1) is 0 Å². The summed E-state index contributed by atoms with van der Waals surface area (Å²) in [7, 11) is 2.09. The second kappa shape index (κ2) is 3.44. The Kier molecular flexibility index (Phi) is 2.41. The zero-order chi connectivity index (χ0) is 10.3. The molecule has 0 spiro atoms. The van der Waals surface area contributed by atoms with Crippen LogP contribution in [0.15, 0.2) is 12.1 Å². The highest BCUT2D eigenvalue weighted by molar-refractivity contribution is 6.32. The molecule has 0 aromatic heterocycles. The topological polar surface area (TPSA) is 29.3 Å². The Bertz CT molecular complexity index is 328. The second-order valence-corrected chi connectivity index (χ2v) is 4.35. The van der Waals surface area contributed by atoms with E-state index in [2.05, 4.69) is 24.9 Å². The fourth-order valence-electron chi connectivity index (χ4n) is 2.14. The zero-order valence-electron chi connectivity index (χ0n) is 8.55. The van der Waals surface area contributed by atoms with E-state index < -0.39 is 0 Å². The van der Waals surface area contributed by atoms with Crippen molar-refractivity contribution in [3.8, 4) is 0 Å². The number of anilines is 1. The summed E-state index contributed by atoms with van der Waals surface area (Å²) in [6.07, 6.45) is 0.979. The van der Waals surface area contributed by atoms with Gasteiger partial charge in [-0.2, -0.15) is 0 Å². The Morgan fingerprint density at radius 3 is 2.86 bits per heavy atom. The summed E-state index contributed by atoms with van der Waals surface area (Å²) in [5.74, 6) is 0. The van der Waals surface area contributed by atoms with Crippen LogP contribution in [-0.2, 0) is 0 Å². The zero-order valence-corrected chi connectivity index (χ0v) is 9.30. The maximum atomic E-state index is 6.17. The molecule has 3 heteroatoms. The third-order valence-corrected chi connectivity index (χ3v) is 3.22. The van der Waals surface area contributed by atoms with Gasteiger partial charge in [0.1, 0.15) is 0 Å². The standard InChI is InChI=1S/C11H15ClN2/c1-7-3-4-8(12)10-9(13)5-6-14(2)11(7)10/h3-4,9H,5-6,13H2,1-2H3. The molecule has 2 nitrogen and oxygen atoms in total. The minimum absolute atomic E-state index is 0.0913. The van der Waals surface area contributed by atoms with Crippen LogP contribution in [0.1, 0.15) is 23.6 Å². The third-order valence-electron chi connectivity index (χ3n) is 2.89. The van der Waals surface area contributed by atoms with Gasteiger partial charge in [0, 0.05) is 35.9 Å². The van der Waals surface area contributed by atoms with Crippen LogP contribution in [-0.4, -0.2) is 13.6 Å². The normalized spacial score (nSPS) is 20.9. The first-order valence-electron chi connectivity index (χ1n) is 4.87. The van der Waals surface area contributed by atoms with Gasteiger partial charge in [-0.1, -0.05) is 17.7 Å². The van der Waals surface area contributed by atoms with Crippen LogP contribution < -0.4 is 10.6 Å². The van der Waals surface area contributed by atoms with Gasteiger partial charge in [0.05, 0.1) is 0 Å². The minimum Gasteiger partial charge on any atom is -0.374 e. The summed E-state index contributed by atoms with van der Waals surface area (Å²) in [5.41, 5.74) is 9.65. The van der Waals surface area contributed by atoms with Gasteiger partial charge < -0.3 is 10.6 Å². The summed E-state index contributed by atoms with van der Waals surface area (Å²) in [5, 5.41) is 0.796. The van der Waals surface area contributed by atoms with Crippen LogP contribution in [0, 0.1) is 6.92 Å². The molecule has 2 rings (SSSR count). The van der Waals surface area contributed by atoms with Gasteiger partial charge in [-0.25, -0.2) is 0 Å². The lowest BCUT2D eigenvalue weighted by molar-refractivity contribution is 0.613. The highest BCUT2D eigenvalue weighted by Crippen LogP contribution is 2.38. The summed E-state index contributed by atoms with van der Waals surface area (Å²) < 4.78 is 0. The fourth-order valence-corrected chi connectivity index (χ4v) is 2.43. The molecule has 0 radical (unpaired) electrons. The number of hydrogen-bond donors (Lipinski definition) is 1. The van der Waals surface area contributed by atoms with E-state index in [0.717, 1.165) is 23.6 Å². The number of halogens is 1. The Balaban J connectivity index is 2.65. The number of nitrogens with two attached hydrogens (primary N) is 1. The van der Waals surface area contributed by atoms with Gasteiger partial charge >= 0.3 is 0 Å². The molecule has 1 aliphatic heterocycles. The Hall–Kier alpha value is -0.730. The van der Waals surface area contributed by atoms with E-state index in [1.165, 1.54) is 11.3 Å². The van der Waals surface area contributed by atoms with Crippen molar-refractivity contribution in [2.24, 2.45) is 5.73 Å². The van der Waals surface area contributed by atoms with Crippen LogP contribution in [0.5, 0.6) is 0 Å². The van der Waals surface area contributed by atoms with Crippen LogP contribution in [0.4, 0.5) is 5.69 Å². The Labute approximate surface area is 89.7 Å². The number of nitrogens with zero attached hydrogens (tertiary/aromatic N) is 1. The van der Waals surface area contributed by atoms with Crippen molar-refractivity contribution in [2.45, 2.75) is 19.4 Å². The molecule has 0 fully saturated rings. The average Bonchev–Trinajstić information content (AvgIpc) is 2.16. The Morgan fingerprint density at radius 1 is 1.50 bits per heavy atom. The largest absolute Gasteiger partial charge is 0.374 e. The summed E-state index contributed by atoms with van der Waals surface area (Å²) >= 11 is 6.17. The molecule has 14 heavy (non-hydrogen) atoms. The molecule has 1 unspecified atom stereocenters. The second-order valence-electron chi connectivity index (χ2n) is 3.94. The Morgan fingerprint density at radius 2 is 2.21 bits per heavy atom. The maximum absolute atomic E-state index is 6.17. The number of benzene rings is 1. The van der Waals surface area contributed by atoms with Crippen molar-refractivity contribution in [1.82, 2.24) is 0 Å². The minimum atomic E-state index is 0.0913. The van der Waals surface area contributed by atoms with Crippen molar-refractivity contribution >= 4 is 17.3 Å². The smallest absolute Gasteiger partial charge is 0.0474 e. The molecule has 1 heterocycles. The van der Waals surface area contributed by atoms with Crippen LogP contribution >= 0.6 is 11.6 Å². The van der Waals surface area contributed by atoms with E-state index in [0.29, 0.717) is 0 Å². The molecule has 0 saturated heterocycles. The van der Waals surface area contributed by atoms with Gasteiger partial charge in [0.25, 0.3) is 0 Å². The van der Waals surface area contributed by atoms with Crippen molar-refractivity contribution in [3.63, 3.8) is 0 Å². The first-order chi connectivity index (χ1) is 6.61. The number of aryl methyl sites for hydroxylation is 1. The lowest BCUT2D eigenvalue weighted by Crippen LogP contribution is -2.31. The van der Waals surface area contributed by atoms with Crippen molar-refractivity contribution in [2.75, 3.05) is 18.5 Å². The van der Waals surface area contributed by atoms with E-state index in [-0.39, 0.29) is 6.04 Å².